The van der Waals surface area contributed by atoms with Crippen LogP contribution in [-0.4, -0.2) is 30.4 Å². The van der Waals surface area contributed by atoms with E-state index < -0.39 is 27.6 Å². The molecule has 2 aromatic carbocycles. The summed E-state index contributed by atoms with van der Waals surface area (Å²) in [5.74, 6) is -0.427. The molecule has 30 heavy (non-hydrogen) atoms. The number of carbonyl (C=O) groups is 1. The second-order valence-corrected chi connectivity index (χ2v) is 8.76. The minimum absolute atomic E-state index is 0.0556. The van der Waals surface area contributed by atoms with Gasteiger partial charge in [-0.3, -0.25) is 4.79 Å². The van der Waals surface area contributed by atoms with E-state index in [1.807, 2.05) is 0 Å². The van der Waals surface area contributed by atoms with E-state index in [-0.39, 0.29) is 17.0 Å². The first kappa shape index (κ1) is 21.6. The summed E-state index contributed by atoms with van der Waals surface area (Å²) in [6.07, 6.45) is -2.22. The van der Waals surface area contributed by atoms with Gasteiger partial charge >= 0.3 is 6.18 Å². The topological polar surface area (TPSA) is 81.1 Å². The highest BCUT2D eigenvalue weighted by atomic mass is 32.2. The van der Waals surface area contributed by atoms with E-state index in [1.54, 1.807) is 37.3 Å². The monoisotopic (exact) mass is 437 g/mol. The fourth-order valence-electron chi connectivity index (χ4n) is 2.74. The molecule has 0 aliphatic rings. The molecule has 0 radical (unpaired) electrons. The smallest absolute Gasteiger partial charge is 0.348 e. The zero-order valence-corrected chi connectivity index (χ0v) is 16.9. The third kappa shape index (κ3) is 4.88. The van der Waals surface area contributed by atoms with E-state index in [0.29, 0.717) is 16.8 Å². The van der Waals surface area contributed by atoms with E-state index in [0.717, 1.165) is 17.0 Å². The molecule has 0 bridgehead atoms. The van der Waals surface area contributed by atoms with Gasteiger partial charge in [0, 0.05) is 24.6 Å². The Kier molecular flexibility index (Phi) is 5.71. The molecule has 1 heterocycles. The molecule has 0 spiro atoms. The van der Waals surface area contributed by atoms with Gasteiger partial charge in [-0.2, -0.15) is 18.3 Å². The molecule has 0 saturated heterocycles. The fourth-order valence-corrected chi connectivity index (χ4v) is 3.39. The van der Waals surface area contributed by atoms with Crippen LogP contribution in [0.1, 0.15) is 27.2 Å². The average molecular weight is 437 g/mol. The van der Waals surface area contributed by atoms with Gasteiger partial charge < -0.3 is 5.32 Å². The number of halogens is 3. The maximum Gasteiger partial charge on any atom is 0.435 e. The molecule has 10 heteroatoms. The SMILES string of the molecule is Cc1ccc(S(C)(=O)=O)cc1C(=O)NCc1ccc(-n2ccc(C(F)(F)F)n2)cc1. The number of benzene rings is 2. The Balaban J connectivity index is 1.70. The molecule has 0 saturated carbocycles. The number of sulfone groups is 1. The van der Waals surface area contributed by atoms with E-state index in [4.69, 9.17) is 0 Å². The standard InChI is InChI=1S/C20H18F3N3O3S/c1-13-3-8-16(30(2,28)29)11-17(13)19(27)24-12-14-4-6-15(7-5-14)26-10-9-18(25-26)20(21,22)23/h3-11H,12H2,1-2H3,(H,24,27). The van der Waals surface area contributed by atoms with Gasteiger partial charge in [0.25, 0.3) is 5.91 Å². The first-order valence-electron chi connectivity index (χ1n) is 8.76. The second-order valence-electron chi connectivity index (χ2n) is 6.74. The van der Waals surface area contributed by atoms with Crippen LogP contribution in [0.5, 0.6) is 0 Å². The van der Waals surface area contributed by atoms with Gasteiger partial charge in [0.05, 0.1) is 10.6 Å². The minimum Gasteiger partial charge on any atom is -0.348 e. The normalized spacial score (nSPS) is 12.0. The highest BCUT2D eigenvalue weighted by molar-refractivity contribution is 7.90. The first-order chi connectivity index (χ1) is 13.9. The summed E-state index contributed by atoms with van der Waals surface area (Å²) in [6, 6.07) is 11.7. The van der Waals surface area contributed by atoms with Crippen LogP contribution in [0, 0.1) is 6.92 Å². The third-order valence-corrected chi connectivity index (χ3v) is 5.53. The maximum absolute atomic E-state index is 12.7. The number of hydrogen-bond acceptors (Lipinski definition) is 4. The van der Waals surface area contributed by atoms with Gasteiger partial charge in [-0.25, -0.2) is 13.1 Å². The molecule has 0 aliphatic heterocycles. The van der Waals surface area contributed by atoms with Crippen molar-refractivity contribution in [3.63, 3.8) is 0 Å². The van der Waals surface area contributed by atoms with Crippen LogP contribution in [0.15, 0.2) is 59.6 Å². The minimum atomic E-state index is -4.51. The lowest BCUT2D eigenvalue weighted by atomic mass is 10.1. The zero-order chi connectivity index (χ0) is 22.1. The summed E-state index contributed by atoms with van der Waals surface area (Å²) in [6.45, 7) is 1.86. The van der Waals surface area contributed by atoms with E-state index >= 15 is 0 Å². The van der Waals surface area contributed by atoms with E-state index in [2.05, 4.69) is 10.4 Å². The molecule has 0 unspecified atom stereocenters. The van der Waals surface area contributed by atoms with Crippen LogP contribution < -0.4 is 5.32 Å². The van der Waals surface area contributed by atoms with Gasteiger partial charge in [0.1, 0.15) is 0 Å². The van der Waals surface area contributed by atoms with Crippen LogP contribution in [0.3, 0.4) is 0 Å². The quantitative estimate of drug-likeness (QED) is 0.662. The van der Waals surface area contributed by atoms with Crippen molar-refractivity contribution in [3.8, 4) is 5.69 Å². The van der Waals surface area contributed by atoms with Gasteiger partial charge in [-0.05, 0) is 48.4 Å². The van der Waals surface area contributed by atoms with Crippen molar-refractivity contribution in [2.45, 2.75) is 24.5 Å². The van der Waals surface area contributed by atoms with Crippen molar-refractivity contribution in [1.82, 2.24) is 15.1 Å². The Bertz CT molecular complexity index is 1180. The summed E-state index contributed by atoms with van der Waals surface area (Å²) < 4.78 is 62.5. The molecule has 1 amide bonds. The number of carbonyl (C=O) groups excluding carboxylic acids is 1. The van der Waals surface area contributed by atoms with Gasteiger partial charge in [0.2, 0.25) is 0 Å². The summed E-state index contributed by atoms with van der Waals surface area (Å²) in [5.41, 5.74) is 1.06. The predicted octanol–water partition coefficient (Wildman–Crippen LogP) is 3.53. The molecule has 0 aliphatic carbocycles. The Morgan fingerprint density at radius 3 is 2.33 bits per heavy atom. The zero-order valence-electron chi connectivity index (χ0n) is 16.1. The highest BCUT2D eigenvalue weighted by Crippen LogP contribution is 2.27. The molecule has 158 valence electrons. The highest BCUT2D eigenvalue weighted by Gasteiger charge is 2.33. The molecule has 1 aromatic heterocycles. The van der Waals surface area contributed by atoms with Crippen LogP contribution in [0.25, 0.3) is 5.69 Å². The molecule has 0 fully saturated rings. The Morgan fingerprint density at radius 1 is 1.10 bits per heavy atom. The van der Waals surface area contributed by atoms with Crippen LogP contribution in [-0.2, 0) is 22.6 Å². The van der Waals surface area contributed by atoms with Gasteiger partial charge in [0.15, 0.2) is 15.5 Å². The van der Waals surface area contributed by atoms with Crippen molar-refractivity contribution in [1.29, 1.82) is 0 Å². The second kappa shape index (κ2) is 7.94. The number of rotatable bonds is 5. The number of aromatic nitrogens is 2. The number of aryl methyl sites for hydroxylation is 1. The molecule has 6 nitrogen and oxygen atoms in total. The first-order valence-corrected chi connectivity index (χ1v) is 10.7. The van der Waals surface area contributed by atoms with Crippen LogP contribution >= 0.6 is 0 Å². The number of alkyl halides is 3. The van der Waals surface area contributed by atoms with Crippen molar-refractivity contribution >= 4 is 15.7 Å². The lowest BCUT2D eigenvalue weighted by molar-refractivity contribution is -0.141. The van der Waals surface area contributed by atoms with Crippen molar-refractivity contribution in [2.24, 2.45) is 0 Å². The summed E-state index contributed by atoms with van der Waals surface area (Å²) in [7, 11) is -3.44. The largest absolute Gasteiger partial charge is 0.435 e. The number of amides is 1. The molecular weight excluding hydrogens is 419 g/mol. The summed E-state index contributed by atoms with van der Waals surface area (Å²) in [4.78, 5) is 12.5. The third-order valence-electron chi connectivity index (χ3n) is 4.42. The van der Waals surface area contributed by atoms with E-state index in [9.17, 15) is 26.4 Å². The van der Waals surface area contributed by atoms with Crippen molar-refractivity contribution in [3.05, 3.63) is 77.1 Å². The number of hydrogen-bond donors (Lipinski definition) is 1. The molecule has 0 atom stereocenters. The number of nitrogens with one attached hydrogen (secondary N) is 1. The molecule has 1 N–H and O–H groups in total. The fraction of sp³-hybridized carbons (Fsp3) is 0.200. The van der Waals surface area contributed by atoms with Gasteiger partial charge in [-0.15, -0.1) is 0 Å². The molecule has 3 rings (SSSR count). The van der Waals surface area contributed by atoms with Crippen LogP contribution in [0.4, 0.5) is 13.2 Å². The predicted molar refractivity (Wildman–Crippen MR) is 104 cm³/mol. The Hall–Kier alpha value is -3.14. The van der Waals surface area contributed by atoms with Crippen molar-refractivity contribution < 1.29 is 26.4 Å². The Morgan fingerprint density at radius 2 is 1.77 bits per heavy atom. The number of nitrogens with zero attached hydrogens (tertiary/aromatic N) is 2. The lowest BCUT2D eigenvalue weighted by Gasteiger charge is -2.10. The lowest BCUT2D eigenvalue weighted by Crippen LogP contribution is -2.24. The van der Waals surface area contributed by atoms with E-state index in [1.165, 1.54) is 18.3 Å². The maximum atomic E-state index is 12.7. The van der Waals surface area contributed by atoms with Crippen LogP contribution in [0.2, 0.25) is 0 Å². The Labute approximate surface area is 171 Å². The molecule has 3 aromatic rings. The average Bonchev–Trinajstić information content (AvgIpc) is 3.16. The summed E-state index contributed by atoms with van der Waals surface area (Å²) >= 11 is 0. The summed E-state index contributed by atoms with van der Waals surface area (Å²) in [5, 5.41) is 6.22. The molecular formula is C20H18F3N3O3S. The van der Waals surface area contributed by atoms with Gasteiger partial charge in [-0.1, -0.05) is 18.2 Å². The van der Waals surface area contributed by atoms with Crippen molar-refractivity contribution in [2.75, 3.05) is 6.26 Å².